The lowest BCUT2D eigenvalue weighted by Crippen LogP contribution is -2.40. The van der Waals surface area contributed by atoms with Gasteiger partial charge in [0.15, 0.2) is 0 Å². The molecule has 2 aliphatic rings. The van der Waals surface area contributed by atoms with Crippen molar-refractivity contribution in [3.8, 4) is 0 Å². The van der Waals surface area contributed by atoms with Crippen LogP contribution >= 0.6 is 0 Å². The third-order valence-electron chi connectivity index (χ3n) is 4.40. The maximum atomic E-state index is 4.52. The van der Waals surface area contributed by atoms with Gasteiger partial charge in [0.2, 0.25) is 0 Å². The molecule has 1 saturated heterocycles. The van der Waals surface area contributed by atoms with E-state index in [0.29, 0.717) is 5.92 Å². The van der Waals surface area contributed by atoms with E-state index in [4.69, 9.17) is 0 Å². The summed E-state index contributed by atoms with van der Waals surface area (Å²) in [6.45, 7) is 4.62. The van der Waals surface area contributed by atoms with Crippen LogP contribution in [0.15, 0.2) is 6.20 Å². The Morgan fingerprint density at radius 2 is 2.06 bits per heavy atom. The van der Waals surface area contributed by atoms with Crippen LogP contribution in [-0.2, 0) is 0 Å². The Labute approximate surface area is 104 Å². The third-order valence-corrected chi connectivity index (χ3v) is 4.40. The summed E-state index contributed by atoms with van der Waals surface area (Å²) in [6, 6.07) is 0.869. The Morgan fingerprint density at radius 1 is 1.24 bits per heavy atom. The Balaban J connectivity index is 1.66. The number of likely N-dealkylation sites (tertiary alicyclic amines) is 1. The molecule has 1 aromatic heterocycles. The number of rotatable bonds is 2. The molecule has 17 heavy (non-hydrogen) atoms. The zero-order valence-corrected chi connectivity index (χ0v) is 10.8. The lowest BCUT2D eigenvalue weighted by Gasteiger charge is -2.36. The van der Waals surface area contributed by atoms with Crippen molar-refractivity contribution in [3.05, 3.63) is 17.7 Å². The highest BCUT2D eigenvalue weighted by atomic mass is 15.2. The molecule has 1 saturated carbocycles. The summed E-state index contributed by atoms with van der Waals surface area (Å²) in [6.07, 6.45) is 10.3. The molecule has 0 aromatic carbocycles. The second-order valence-electron chi connectivity index (χ2n) is 5.72. The van der Waals surface area contributed by atoms with E-state index in [2.05, 4.69) is 21.8 Å². The first kappa shape index (κ1) is 11.3. The average molecular weight is 233 g/mol. The highest BCUT2D eigenvalue weighted by molar-refractivity contribution is 5.06. The van der Waals surface area contributed by atoms with E-state index in [9.17, 15) is 0 Å². The Hall–Kier alpha value is -0.830. The predicted molar refractivity (Wildman–Crippen MR) is 69.1 cm³/mol. The molecule has 3 rings (SSSR count). The number of nitrogens with zero attached hydrogens (tertiary/aromatic N) is 2. The van der Waals surface area contributed by atoms with E-state index in [-0.39, 0.29) is 0 Å². The zero-order chi connectivity index (χ0) is 11.7. The number of aromatic nitrogens is 2. The van der Waals surface area contributed by atoms with Crippen LogP contribution < -0.4 is 0 Å². The fourth-order valence-electron chi connectivity index (χ4n) is 3.47. The molecule has 3 nitrogen and oxygen atoms in total. The van der Waals surface area contributed by atoms with Crippen molar-refractivity contribution in [1.82, 2.24) is 14.9 Å². The zero-order valence-electron chi connectivity index (χ0n) is 10.8. The molecule has 1 aliphatic heterocycles. The van der Waals surface area contributed by atoms with E-state index < -0.39 is 0 Å². The van der Waals surface area contributed by atoms with Crippen LogP contribution in [0.25, 0.3) is 0 Å². The van der Waals surface area contributed by atoms with Crippen LogP contribution in [0.3, 0.4) is 0 Å². The monoisotopic (exact) mass is 233 g/mol. The van der Waals surface area contributed by atoms with Gasteiger partial charge in [-0.2, -0.15) is 0 Å². The van der Waals surface area contributed by atoms with Crippen molar-refractivity contribution >= 4 is 0 Å². The lowest BCUT2D eigenvalue weighted by molar-refractivity contribution is 0.148. The Morgan fingerprint density at radius 3 is 2.76 bits per heavy atom. The van der Waals surface area contributed by atoms with E-state index in [1.54, 1.807) is 0 Å². The van der Waals surface area contributed by atoms with Crippen molar-refractivity contribution in [2.24, 2.45) is 0 Å². The quantitative estimate of drug-likeness (QED) is 0.851. The maximum absolute atomic E-state index is 4.52. The molecular weight excluding hydrogens is 210 g/mol. The average Bonchev–Trinajstić information content (AvgIpc) is 3.00. The van der Waals surface area contributed by atoms with Gasteiger partial charge in [0.25, 0.3) is 0 Å². The summed E-state index contributed by atoms with van der Waals surface area (Å²) in [5.41, 5.74) is 1.19. The number of imidazole rings is 1. The summed E-state index contributed by atoms with van der Waals surface area (Å²) in [7, 11) is 0. The fraction of sp³-hybridized carbons (Fsp3) is 0.786. The smallest absolute Gasteiger partial charge is 0.110 e. The molecule has 1 aromatic rings. The van der Waals surface area contributed by atoms with Gasteiger partial charge in [-0.3, -0.25) is 4.90 Å². The van der Waals surface area contributed by atoms with E-state index in [1.165, 1.54) is 63.1 Å². The molecule has 1 unspecified atom stereocenters. The standard InChI is InChI=1S/C14H23N3/c1-11-9-15-14(16-11)12-5-4-8-17(10-12)13-6-2-3-7-13/h9,12-13H,2-8,10H2,1H3,(H,15,16). The highest BCUT2D eigenvalue weighted by Crippen LogP contribution is 2.31. The highest BCUT2D eigenvalue weighted by Gasteiger charge is 2.29. The SMILES string of the molecule is Cc1cnc(C2CCCN(C3CCCC3)C2)[nH]1. The van der Waals surface area contributed by atoms with E-state index in [0.717, 1.165) is 6.04 Å². The molecule has 1 atom stereocenters. The van der Waals surface area contributed by atoms with Gasteiger partial charge in [0, 0.05) is 30.4 Å². The summed E-state index contributed by atoms with van der Waals surface area (Å²) in [5.74, 6) is 1.85. The van der Waals surface area contributed by atoms with Gasteiger partial charge in [0.1, 0.15) is 5.82 Å². The lowest BCUT2D eigenvalue weighted by atomic mass is 9.95. The molecule has 0 spiro atoms. The summed E-state index contributed by atoms with van der Waals surface area (Å²) < 4.78 is 0. The summed E-state index contributed by atoms with van der Waals surface area (Å²) in [5, 5.41) is 0. The number of aromatic amines is 1. The first-order valence-corrected chi connectivity index (χ1v) is 7.08. The maximum Gasteiger partial charge on any atom is 0.110 e. The number of nitrogens with one attached hydrogen (secondary N) is 1. The van der Waals surface area contributed by atoms with Crippen molar-refractivity contribution < 1.29 is 0 Å². The molecule has 0 amide bonds. The van der Waals surface area contributed by atoms with Crippen LogP contribution in [0.1, 0.15) is 56.0 Å². The van der Waals surface area contributed by atoms with Crippen LogP contribution in [0.2, 0.25) is 0 Å². The molecule has 94 valence electrons. The Kier molecular flexibility index (Phi) is 3.19. The normalized spacial score (nSPS) is 27.7. The summed E-state index contributed by atoms with van der Waals surface area (Å²) >= 11 is 0. The van der Waals surface area contributed by atoms with Crippen molar-refractivity contribution in [2.45, 2.75) is 57.4 Å². The first-order chi connectivity index (χ1) is 8.33. The Bertz CT molecular complexity index is 365. The number of hydrogen-bond acceptors (Lipinski definition) is 2. The van der Waals surface area contributed by atoms with E-state index in [1.807, 2.05) is 6.20 Å². The van der Waals surface area contributed by atoms with Crippen LogP contribution in [0.5, 0.6) is 0 Å². The van der Waals surface area contributed by atoms with Gasteiger partial charge >= 0.3 is 0 Å². The molecule has 0 bridgehead atoms. The van der Waals surface area contributed by atoms with E-state index >= 15 is 0 Å². The second kappa shape index (κ2) is 4.81. The molecule has 2 fully saturated rings. The predicted octanol–water partition coefficient (Wildman–Crippen LogP) is 2.84. The summed E-state index contributed by atoms with van der Waals surface area (Å²) in [4.78, 5) is 10.7. The van der Waals surface area contributed by atoms with Gasteiger partial charge < -0.3 is 4.98 Å². The van der Waals surface area contributed by atoms with Gasteiger partial charge in [-0.15, -0.1) is 0 Å². The van der Waals surface area contributed by atoms with Gasteiger partial charge in [-0.25, -0.2) is 4.98 Å². The van der Waals surface area contributed by atoms with Crippen molar-refractivity contribution in [2.75, 3.05) is 13.1 Å². The topological polar surface area (TPSA) is 31.9 Å². The van der Waals surface area contributed by atoms with Gasteiger partial charge in [0.05, 0.1) is 0 Å². The second-order valence-corrected chi connectivity index (χ2v) is 5.72. The molecule has 2 heterocycles. The van der Waals surface area contributed by atoms with Crippen molar-refractivity contribution in [1.29, 1.82) is 0 Å². The molecular formula is C14H23N3. The fourth-order valence-corrected chi connectivity index (χ4v) is 3.47. The minimum atomic E-state index is 0.637. The molecule has 3 heteroatoms. The number of H-pyrrole nitrogens is 1. The third kappa shape index (κ3) is 2.39. The van der Waals surface area contributed by atoms with Gasteiger partial charge in [-0.1, -0.05) is 12.8 Å². The van der Waals surface area contributed by atoms with Crippen LogP contribution in [0, 0.1) is 6.92 Å². The largest absolute Gasteiger partial charge is 0.346 e. The first-order valence-electron chi connectivity index (χ1n) is 7.08. The molecule has 1 aliphatic carbocycles. The number of hydrogen-bond donors (Lipinski definition) is 1. The number of piperidine rings is 1. The molecule has 0 radical (unpaired) electrons. The van der Waals surface area contributed by atoms with Crippen LogP contribution in [-0.4, -0.2) is 34.0 Å². The molecule has 1 N–H and O–H groups in total. The minimum Gasteiger partial charge on any atom is -0.346 e. The number of aryl methyl sites for hydroxylation is 1. The van der Waals surface area contributed by atoms with Crippen LogP contribution in [0.4, 0.5) is 0 Å². The van der Waals surface area contributed by atoms with Gasteiger partial charge in [-0.05, 0) is 39.2 Å². The minimum absolute atomic E-state index is 0.637. The van der Waals surface area contributed by atoms with Crippen molar-refractivity contribution in [3.63, 3.8) is 0 Å².